The van der Waals surface area contributed by atoms with Crippen LogP contribution in [0.15, 0.2) is 0 Å². The molecule has 0 aliphatic carbocycles. The van der Waals surface area contributed by atoms with Crippen LogP contribution >= 0.6 is 0 Å². The summed E-state index contributed by atoms with van der Waals surface area (Å²) in [6.45, 7) is 5.53. The minimum Gasteiger partial charge on any atom is -0.354 e. The molecule has 0 spiro atoms. The average molecular weight is 230 g/mol. The number of hydrogen-bond acceptors (Lipinski definition) is 4. The van der Waals surface area contributed by atoms with E-state index in [1.807, 2.05) is 0 Å². The molecule has 1 heterocycles. The first-order chi connectivity index (χ1) is 7.60. The van der Waals surface area contributed by atoms with Gasteiger partial charge in [0.25, 0.3) is 0 Å². The molecule has 16 heavy (non-hydrogen) atoms. The van der Waals surface area contributed by atoms with Crippen molar-refractivity contribution in [1.29, 1.82) is 0 Å². The summed E-state index contributed by atoms with van der Waals surface area (Å²) in [7, 11) is 1.60. The van der Waals surface area contributed by atoms with Gasteiger partial charge in [-0.1, -0.05) is 13.8 Å². The zero-order valence-electron chi connectivity index (χ0n) is 10.3. The minimum atomic E-state index is -0.311. The number of hydrogen-bond donors (Lipinski definition) is 1. The molecule has 5 nitrogen and oxygen atoms in total. The highest BCUT2D eigenvalue weighted by Crippen LogP contribution is 2.21. The molecule has 1 unspecified atom stereocenters. The summed E-state index contributed by atoms with van der Waals surface area (Å²) in [6.07, 6.45) is 0.506. The van der Waals surface area contributed by atoms with Crippen molar-refractivity contribution in [3.63, 3.8) is 0 Å². The van der Waals surface area contributed by atoms with Crippen LogP contribution in [-0.2, 0) is 14.3 Å². The predicted octanol–water partition coefficient (Wildman–Crippen LogP) is 0.191. The van der Waals surface area contributed by atoms with Crippen LogP contribution in [0.2, 0.25) is 0 Å². The van der Waals surface area contributed by atoms with E-state index in [1.54, 1.807) is 12.0 Å². The van der Waals surface area contributed by atoms with Gasteiger partial charge in [-0.3, -0.25) is 4.79 Å². The summed E-state index contributed by atoms with van der Waals surface area (Å²) in [4.78, 5) is 13.6. The van der Waals surface area contributed by atoms with Gasteiger partial charge in [-0.15, -0.1) is 0 Å². The van der Waals surface area contributed by atoms with E-state index in [0.717, 1.165) is 6.42 Å². The Morgan fingerprint density at radius 3 is 2.81 bits per heavy atom. The lowest BCUT2D eigenvalue weighted by Gasteiger charge is -2.32. The molecule has 0 aromatic rings. The lowest BCUT2D eigenvalue weighted by molar-refractivity contribution is -0.147. The lowest BCUT2D eigenvalue weighted by atomic mass is 10.1. The van der Waals surface area contributed by atoms with Crippen LogP contribution in [0.3, 0.4) is 0 Å². The smallest absolute Gasteiger partial charge is 0.236 e. The molecule has 0 saturated carbocycles. The highest BCUT2D eigenvalue weighted by Gasteiger charge is 2.35. The van der Waals surface area contributed by atoms with E-state index in [0.29, 0.717) is 19.1 Å². The molecule has 5 heteroatoms. The Morgan fingerprint density at radius 1 is 1.62 bits per heavy atom. The standard InChI is InChI=1S/C11H22N2O3/c1-8(2)7-13(10(14)6-12)9-4-5-16-11(9)15-3/h8-9,11H,4-7,12H2,1-3H3/t9-,11?/m0/s1. The monoisotopic (exact) mass is 230 g/mol. The van der Waals surface area contributed by atoms with Gasteiger partial charge in [0, 0.05) is 13.7 Å². The maximum absolute atomic E-state index is 11.8. The molecule has 1 aliphatic rings. The molecular formula is C11H22N2O3. The normalized spacial score (nSPS) is 25.1. The predicted molar refractivity (Wildman–Crippen MR) is 60.8 cm³/mol. The van der Waals surface area contributed by atoms with E-state index in [9.17, 15) is 4.79 Å². The third-order valence-corrected chi connectivity index (χ3v) is 2.70. The quantitative estimate of drug-likeness (QED) is 0.732. The van der Waals surface area contributed by atoms with Gasteiger partial charge in [0.15, 0.2) is 6.29 Å². The number of methoxy groups -OCH3 is 1. The van der Waals surface area contributed by atoms with Crippen LogP contribution in [0.1, 0.15) is 20.3 Å². The third kappa shape index (κ3) is 3.17. The van der Waals surface area contributed by atoms with Gasteiger partial charge in [-0.05, 0) is 12.3 Å². The molecule has 1 amide bonds. The zero-order valence-corrected chi connectivity index (χ0v) is 10.3. The first-order valence-corrected chi connectivity index (χ1v) is 5.74. The maximum atomic E-state index is 11.8. The Balaban J connectivity index is 2.70. The number of amides is 1. The van der Waals surface area contributed by atoms with E-state index in [2.05, 4.69) is 13.8 Å². The van der Waals surface area contributed by atoms with Gasteiger partial charge in [0.1, 0.15) is 0 Å². The van der Waals surface area contributed by atoms with Crippen molar-refractivity contribution < 1.29 is 14.3 Å². The second-order valence-electron chi connectivity index (χ2n) is 4.47. The number of nitrogens with two attached hydrogens (primary N) is 1. The van der Waals surface area contributed by atoms with Crippen molar-refractivity contribution in [3.8, 4) is 0 Å². The van der Waals surface area contributed by atoms with Gasteiger partial charge in [-0.2, -0.15) is 0 Å². The van der Waals surface area contributed by atoms with E-state index in [1.165, 1.54) is 0 Å². The van der Waals surface area contributed by atoms with Crippen molar-refractivity contribution in [3.05, 3.63) is 0 Å². The number of carbonyl (C=O) groups is 1. The summed E-state index contributed by atoms with van der Waals surface area (Å²) < 4.78 is 10.6. The van der Waals surface area contributed by atoms with Gasteiger partial charge in [0.2, 0.25) is 5.91 Å². The van der Waals surface area contributed by atoms with Gasteiger partial charge in [-0.25, -0.2) is 0 Å². The highest BCUT2D eigenvalue weighted by molar-refractivity contribution is 5.78. The van der Waals surface area contributed by atoms with Crippen LogP contribution < -0.4 is 5.73 Å². The van der Waals surface area contributed by atoms with E-state index in [4.69, 9.17) is 15.2 Å². The molecular weight excluding hydrogens is 208 g/mol. The summed E-state index contributed by atoms with van der Waals surface area (Å²) >= 11 is 0. The zero-order chi connectivity index (χ0) is 12.1. The van der Waals surface area contributed by atoms with Crippen molar-refractivity contribution in [2.45, 2.75) is 32.6 Å². The number of ether oxygens (including phenoxy) is 2. The lowest BCUT2D eigenvalue weighted by Crippen LogP contribution is -2.49. The Kier molecular flexibility index (Phi) is 5.18. The summed E-state index contributed by atoms with van der Waals surface area (Å²) in [6, 6.07) is 0.00319. The molecule has 1 aliphatic heterocycles. The van der Waals surface area contributed by atoms with Crippen molar-refractivity contribution in [2.24, 2.45) is 11.7 Å². The Bertz CT molecular complexity index is 233. The van der Waals surface area contributed by atoms with Crippen LogP contribution in [-0.4, -0.2) is 49.9 Å². The van der Waals surface area contributed by atoms with Gasteiger partial charge >= 0.3 is 0 Å². The summed E-state index contributed by atoms with van der Waals surface area (Å²) in [5, 5.41) is 0. The Hall–Kier alpha value is -0.650. The highest BCUT2D eigenvalue weighted by atomic mass is 16.7. The molecule has 1 fully saturated rings. The molecule has 1 saturated heterocycles. The molecule has 1 rings (SSSR count). The van der Waals surface area contributed by atoms with E-state index >= 15 is 0 Å². The van der Waals surface area contributed by atoms with Gasteiger partial charge in [0.05, 0.1) is 19.2 Å². The molecule has 0 aromatic heterocycles. The molecule has 94 valence electrons. The molecule has 0 radical (unpaired) electrons. The first-order valence-electron chi connectivity index (χ1n) is 5.74. The van der Waals surface area contributed by atoms with Crippen molar-refractivity contribution in [1.82, 2.24) is 4.90 Å². The molecule has 0 bridgehead atoms. The largest absolute Gasteiger partial charge is 0.354 e. The molecule has 2 atom stereocenters. The van der Waals surface area contributed by atoms with Gasteiger partial charge < -0.3 is 20.1 Å². The number of nitrogens with zero attached hydrogens (tertiary/aromatic N) is 1. The Labute approximate surface area is 96.9 Å². The SMILES string of the molecule is COC1OCC[C@@H]1N(CC(C)C)C(=O)CN. The Morgan fingerprint density at radius 2 is 2.31 bits per heavy atom. The fraction of sp³-hybridized carbons (Fsp3) is 0.909. The third-order valence-electron chi connectivity index (χ3n) is 2.70. The summed E-state index contributed by atoms with van der Waals surface area (Å²) in [5.74, 6) is 0.375. The van der Waals surface area contributed by atoms with Crippen LogP contribution in [0.5, 0.6) is 0 Å². The summed E-state index contributed by atoms with van der Waals surface area (Å²) in [5.41, 5.74) is 5.43. The fourth-order valence-electron chi connectivity index (χ4n) is 2.01. The number of carbonyl (C=O) groups excluding carboxylic acids is 1. The fourth-order valence-corrected chi connectivity index (χ4v) is 2.01. The second-order valence-corrected chi connectivity index (χ2v) is 4.47. The van der Waals surface area contributed by atoms with Crippen molar-refractivity contribution >= 4 is 5.91 Å². The number of rotatable bonds is 5. The van der Waals surface area contributed by atoms with E-state index < -0.39 is 0 Å². The topological polar surface area (TPSA) is 64.8 Å². The minimum absolute atomic E-state index is 0.00319. The van der Waals surface area contributed by atoms with E-state index in [-0.39, 0.29) is 24.8 Å². The van der Waals surface area contributed by atoms with Crippen LogP contribution in [0.25, 0.3) is 0 Å². The van der Waals surface area contributed by atoms with Crippen LogP contribution in [0.4, 0.5) is 0 Å². The first kappa shape index (κ1) is 13.4. The maximum Gasteiger partial charge on any atom is 0.236 e. The van der Waals surface area contributed by atoms with Crippen LogP contribution in [0, 0.1) is 5.92 Å². The molecule has 2 N–H and O–H groups in total. The average Bonchev–Trinajstić information content (AvgIpc) is 2.72. The second kappa shape index (κ2) is 6.18. The van der Waals surface area contributed by atoms with Crippen molar-refractivity contribution in [2.75, 3.05) is 26.8 Å². The molecule has 0 aromatic carbocycles.